The predicted octanol–water partition coefficient (Wildman–Crippen LogP) is 3.70. The van der Waals surface area contributed by atoms with Gasteiger partial charge in [-0.3, -0.25) is 0 Å². The molecule has 8 heteroatoms. The van der Waals surface area contributed by atoms with Gasteiger partial charge >= 0.3 is 0 Å². The fourth-order valence-corrected chi connectivity index (χ4v) is 5.89. The number of pyridine rings is 1. The minimum atomic E-state index is -3.38. The maximum absolute atomic E-state index is 12.7. The summed E-state index contributed by atoms with van der Waals surface area (Å²) in [6.45, 7) is 2.97. The number of aromatic nitrogens is 1. The number of halogens is 1. The summed E-state index contributed by atoms with van der Waals surface area (Å²) in [6.07, 6.45) is 3.84. The monoisotopic (exact) mass is 430 g/mol. The number of sulfonamides is 1. The van der Waals surface area contributed by atoms with Crippen molar-refractivity contribution in [3.63, 3.8) is 0 Å². The molecule has 0 N–H and O–H groups in total. The number of thiophene rings is 1. The second kappa shape index (κ2) is 7.51. The molecule has 0 radical (unpaired) electrons. The van der Waals surface area contributed by atoms with E-state index in [4.69, 9.17) is 4.74 Å². The van der Waals surface area contributed by atoms with Gasteiger partial charge in [-0.25, -0.2) is 13.4 Å². The quantitative estimate of drug-likeness (QED) is 0.725. The lowest BCUT2D eigenvalue weighted by Gasteiger charge is -2.30. The van der Waals surface area contributed by atoms with Crippen molar-refractivity contribution in [2.24, 2.45) is 0 Å². The van der Waals surface area contributed by atoms with Crippen LogP contribution in [0.1, 0.15) is 24.6 Å². The molecule has 0 unspecified atom stereocenters. The van der Waals surface area contributed by atoms with E-state index in [1.807, 2.05) is 25.1 Å². The van der Waals surface area contributed by atoms with E-state index in [1.165, 1.54) is 11.3 Å². The van der Waals surface area contributed by atoms with E-state index < -0.39 is 10.0 Å². The van der Waals surface area contributed by atoms with Crippen LogP contribution >= 0.6 is 27.3 Å². The molecule has 1 fully saturated rings. The van der Waals surface area contributed by atoms with Crippen LogP contribution in [0.25, 0.3) is 0 Å². The Bertz CT molecular complexity index is 799. The standard InChI is InChI=1S/C16H19BrN2O3S2/c1-2-13-5-6-15(23-13)24(20,21)19-10-7-12(8-11-19)22-16-14(17)4-3-9-18-16/h3-6,9,12H,2,7-8,10-11H2,1H3. The minimum absolute atomic E-state index is 0.0165. The normalized spacial score (nSPS) is 17.1. The molecule has 0 saturated carbocycles. The summed E-state index contributed by atoms with van der Waals surface area (Å²) in [5.41, 5.74) is 0. The van der Waals surface area contributed by atoms with E-state index in [-0.39, 0.29) is 6.10 Å². The number of hydrogen-bond acceptors (Lipinski definition) is 5. The second-order valence-electron chi connectivity index (χ2n) is 5.59. The Morgan fingerprint density at radius 2 is 2.08 bits per heavy atom. The summed E-state index contributed by atoms with van der Waals surface area (Å²) in [5, 5.41) is 0. The lowest BCUT2D eigenvalue weighted by molar-refractivity contribution is 0.129. The smallest absolute Gasteiger partial charge is 0.252 e. The molecule has 0 atom stereocenters. The molecule has 24 heavy (non-hydrogen) atoms. The molecule has 3 heterocycles. The molecule has 5 nitrogen and oxygen atoms in total. The van der Waals surface area contributed by atoms with Crippen LogP contribution in [0.5, 0.6) is 5.88 Å². The summed E-state index contributed by atoms with van der Waals surface area (Å²) in [6, 6.07) is 7.32. The van der Waals surface area contributed by atoms with Gasteiger partial charge in [0.1, 0.15) is 10.3 Å². The van der Waals surface area contributed by atoms with Gasteiger partial charge in [0, 0.05) is 24.2 Å². The molecular formula is C16H19BrN2O3S2. The zero-order valence-electron chi connectivity index (χ0n) is 13.3. The second-order valence-corrected chi connectivity index (χ2v) is 9.77. The van der Waals surface area contributed by atoms with Crippen LogP contribution in [-0.4, -0.2) is 36.9 Å². The number of rotatable bonds is 5. The fourth-order valence-electron chi connectivity index (χ4n) is 2.62. The minimum Gasteiger partial charge on any atom is -0.473 e. The summed E-state index contributed by atoms with van der Waals surface area (Å²) in [5.74, 6) is 0.560. The predicted molar refractivity (Wildman–Crippen MR) is 98.0 cm³/mol. The van der Waals surface area contributed by atoms with Crippen LogP contribution in [0, 0.1) is 0 Å². The molecule has 0 amide bonds. The summed E-state index contributed by atoms with van der Waals surface area (Å²) < 4.78 is 34.1. The van der Waals surface area contributed by atoms with Gasteiger partial charge in [-0.15, -0.1) is 11.3 Å². The average molecular weight is 431 g/mol. The average Bonchev–Trinajstić information content (AvgIpc) is 3.07. The van der Waals surface area contributed by atoms with Crippen LogP contribution in [-0.2, 0) is 16.4 Å². The fraction of sp³-hybridized carbons (Fsp3) is 0.438. The molecule has 1 saturated heterocycles. The van der Waals surface area contributed by atoms with Gasteiger partial charge in [-0.1, -0.05) is 6.92 Å². The number of aryl methyl sites for hydroxylation is 1. The summed E-state index contributed by atoms with van der Waals surface area (Å²) >= 11 is 4.78. The SMILES string of the molecule is CCc1ccc(S(=O)(=O)N2CCC(Oc3ncccc3Br)CC2)s1. The van der Waals surface area contributed by atoms with Crippen molar-refractivity contribution in [1.29, 1.82) is 0 Å². The lowest BCUT2D eigenvalue weighted by atomic mass is 10.1. The first kappa shape index (κ1) is 17.8. The van der Waals surface area contributed by atoms with Crippen LogP contribution in [0.3, 0.4) is 0 Å². The van der Waals surface area contributed by atoms with Gasteiger partial charge in [0.15, 0.2) is 0 Å². The van der Waals surface area contributed by atoms with E-state index in [2.05, 4.69) is 20.9 Å². The number of piperidine rings is 1. The molecule has 1 aliphatic heterocycles. The summed E-state index contributed by atoms with van der Waals surface area (Å²) in [7, 11) is -3.38. The zero-order chi connectivity index (χ0) is 17.2. The Hall–Kier alpha value is -0.960. The van der Waals surface area contributed by atoms with Crippen LogP contribution in [0.15, 0.2) is 39.1 Å². The van der Waals surface area contributed by atoms with E-state index in [1.54, 1.807) is 16.6 Å². The Morgan fingerprint density at radius 3 is 2.71 bits per heavy atom. The molecule has 0 bridgehead atoms. The molecule has 0 aromatic carbocycles. The number of ether oxygens (including phenoxy) is 1. The third-order valence-electron chi connectivity index (χ3n) is 3.98. The molecule has 2 aromatic heterocycles. The highest BCUT2D eigenvalue weighted by atomic mass is 79.9. The van der Waals surface area contributed by atoms with Crippen molar-refractivity contribution in [2.45, 2.75) is 36.5 Å². The highest BCUT2D eigenvalue weighted by Crippen LogP contribution is 2.29. The largest absolute Gasteiger partial charge is 0.473 e. The Kier molecular flexibility index (Phi) is 5.59. The first-order chi connectivity index (χ1) is 11.5. The van der Waals surface area contributed by atoms with E-state index in [0.29, 0.717) is 36.0 Å². The van der Waals surface area contributed by atoms with Crippen LogP contribution in [0.4, 0.5) is 0 Å². The van der Waals surface area contributed by atoms with Gasteiger partial charge < -0.3 is 4.74 Å². The number of nitrogens with zero attached hydrogens (tertiary/aromatic N) is 2. The Balaban J connectivity index is 1.63. The van der Waals surface area contributed by atoms with Gasteiger partial charge in [-0.05, 0) is 59.5 Å². The molecule has 130 valence electrons. The zero-order valence-corrected chi connectivity index (χ0v) is 16.5. The van der Waals surface area contributed by atoms with Crippen molar-refractivity contribution in [3.05, 3.63) is 39.8 Å². The van der Waals surface area contributed by atoms with Gasteiger partial charge in [0.05, 0.1) is 4.47 Å². The van der Waals surface area contributed by atoms with Crippen LogP contribution in [0.2, 0.25) is 0 Å². The first-order valence-corrected chi connectivity index (χ1v) is 10.9. The molecular weight excluding hydrogens is 412 g/mol. The van der Waals surface area contributed by atoms with E-state index in [0.717, 1.165) is 15.8 Å². The molecule has 1 aliphatic rings. The molecule has 3 rings (SSSR count). The highest BCUT2D eigenvalue weighted by Gasteiger charge is 2.31. The lowest BCUT2D eigenvalue weighted by Crippen LogP contribution is -2.41. The maximum atomic E-state index is 12.7. The first-order valence-electron chi connectivity index (χ1n) is 7.86. The van der Waals surface area contributed by atoms with E-state index >= 15 is 0 Å². The topological polar surface area (TPSA) is 59.5 Å². The van der Waals surface area contributed by atoms with Crippen molar-refractivity contribution in [2.75, 3.05) is 13.1 Å². The highest BCUT2D eigenvalue weighted by molar-refractivity contribution is 9.10. The Labute approximate surface area is 154 Å². The molecule has 2 aromatic rings. The molecule has 0 aliphatic carbocycles. The van der Waals surface area contributed by atoms with E-state index in [9.17, 15) is 8.42 Å². The Morgan fingerprint density at radius 1 is 1.33 bits per heavy atom. The summed E-state index contributed by atoms with van der Waals surface area (Å²) in [4.78, 5) is 5.29. The molecule has 0 spiro atoms. The maximum Gasteiger partial charge on any atom is 0.252 e. The van der Waals surface area contributed by atoms with Crippen molar-refractivity contribution >= 4 is 37.3 Å². The van der Waals surface area contributed by atoms with Crippen molar-refractivity contribution in [1.82, 2.24) is 9.29 Å². The third kappa shape index (κ3) is 3.82. The van der Waals surface area contributed by atoms with Crippen LogP contribution < -0.4 is 4.74 Å². The van der Waals surface area contributed by atoms with Gasteiger partial charge in [0.2, 0.25) is 5.88 Å². The number of hydrogen-bond donors (Lipinski definition) is 0. The van der Waals surface area contributed by atoms with Gasteiger partial charge in [-0.2, -0.15) is 4.31 Å². The van der Waals surface area contributed by atoms with Crippen molar-refractivity contribution in [3.8, 4) is 5.88 Å². The van der Waals surface area contributed by atoms with Gasteiger partial charge in [0.25, 0.3) is 10.0 Å². The third-order valence-corrected chi connectivity index (χ3v) is 8.18. The van der Waals surface area contributed by atoms with Crippen molar-refractivity contribution < 1.29 is 13.2 Å².